The molecule has 0 radical (unpaired) electrons. The Labute approximate surface area is 108 Å². The molecule has 1 fully saturated rings. The van der Waals surface area contributed by atoms with Crippen LogP contribution in [-0.4, -0.2) is 39.0 Å². The van der Waals surface area contributed by atoms with E-state index in [0.29, 0.717) is 12.5 Å². The first-order valence-corrected chi connectivity index (χ1v) is 6.62. The second-order valence-corrected chi connectivity index (χ2v) is 5.94. The van der Waals surface area contributed by atoms with E-state index in [2.05, 4.69) is 41.6 Å². The third-order valence-corrected chi connectivity index (χ3v) is 3.15. The largest absolute Gasteiger partial charge is 0.381 e. The van der Waals surface area contributed by atoms with Gasteiger partial charge in [-0.2, -0.15) is 0 Å². The van der Waals surface area contributed by atoms with E-state index >= 15 is 0 Å². The van der Waals surface area contributed by atoms with Gasteiger partial charge in [-0.15, -0.1) is 5.10 Å². The van der Waals surface area contributed by atoms with Crippen molar-refractivity contribution < 1.29 is 4.74 Å². The Morgan fingerprint density at radius 1 is 1.33 bits per heavy atom. The molecule has 0 amide bonds. The molecule has 1 aliphatic heterocycles. The van der Waals surface area contributed by atoms with Crippen molar-refractivity contribution in [3.05, 3.63) is 5.82 Å². The van der Waals surface area contributed by atoms with Crippen LogP contribution in [0.15, 0.2) is 0 Å². The van der Waals surface area contributed by atoms with Crippen molar-refractivity contribution in [1.29, 1.82) is 0 Å². The van der Waals surface area contributed by atoms with Crippen molar-refractivity contribution in [3.8, 4) is 0 Å². The van der Waals surface area contributed by atoms with Crippen LogP contribution in [0.4, 0.5) is 0 Å². The Hall–Kier alpha value is -1.01. The van der Waals surface area contributed by atoms with Gasteiger partial charge < -0.3 is 10.1 Å². The zero-order valence-electron chi connectivity index (χ0n) is 11.5. The minimum atomic E-state index is 0.0788. The van der Waals surface area contributed by atoms with Gasteiger partial charge in [-0.25, -0.2) is 4.68 Å². The molecule has 1 saturated heterocycles. The van der Waals surface area contributed by atoms with Crippen LogP contribution in [0, 0.1) is 5.92 Å². The normalized spacial score (nSPS) is 18.2. The van der Waals surface area contributed by atoms with Crippen LogP contribution in [-0.2, 0) is 17.8 Å². The van der Waals surface area contributed by atoms with Crippen molar-refractivity contribution in [2.24, 2.45) is 5.92 Å². The zero-order chi connectivity index (χ0) is 13.0. The van der Waals surface area contributed by atoms with Crippen LogP contribution in [0.1, 0.15) is 39.4 Å². The smallest absolute Gasteiger partial charge is 0.165 e. The van der Waals surface area contributed by atoms with Crippen molar-refractivity contribution in [1.82, 2.24) is 25.5 Å². The molecule has 6 heteroatoms. The summed E-state index contributed by atoms with van der Waals surface area (Å²) in [5.41, 5.74) is 0.0788. The first-order valence-electron chi connectivity index (χ1n) is 6.62. The van der Waals surface area contributed by atoms with Gasteiger partial charge in [-0.3, -0.25) is 0 Å². The third-order valence-electron chi connectivity index (χ3n) is 3.15. The van der Waals surface area contributed by atoms with Gasteiger partial charge in [0.25, 0.3) is 0 Å². The second kappa shape index (κ2) is 5.75. The average molecular weight is 253 g/mol. The van der Waals surface area contributed by atoms with Gasteiger partial charge in [0.15, 0.2) is 5.82 Å². The first-order chi connectivity index (χ1) is 8.54. The van der Waals surface area contributed by atoms with Crippen LogP contribution in [0.3, 0.4) is 0 Å². The topological polar surface area (TPSA) is 64.9 Å². The minimum absolute atomic E-state index is 0.0788. The summed E-state index contributed by atoms with van der Waals surface area (Å²) in [5.74, 6) is 1.55. The van der Waals surface area contributed by atoms with E-state index in [0.717, 1.165) is 38.4 Å². The maximum atomic E-state index is 5.37. The molecule has 2 rings (SSSR count). The van der Waals surface area contributed by atoms with Crippen LogP contribution in [0.2, 0.25) is 0 Å². The second-order valence-electron chi connectivity index (χ2n) is 5.94. The number of tetrazole rings is 1. The van der Waals surface area contributed by atoms with Crippen molar-refractivity contribution in [2.75, 3.05) is 13.2 Å². The fraction of sp³-hybridized carbons (Fsp3) is 0.917. The van der Waals surface area contributed by atoms with Gasteiger partial charge in [0.05, 0.1) is 6.54 Å². The molecule has 18 heavy (non-hydrogen) atoms. The Bertz CT molecular complexity index is 365. The zero-order valence-corrected chi connectivity index (χ0v) is 11.5. The Morgan fingerprint density at radius 2 is 2.06 bits per heavy atom. The van der Waals surface area contributed by atoms with Gasteiger partial charge in [0.1, 0.15) is 0 Å². The Morgan fingerprint density at radius 3 is 2.72 bits per heavy atom. The number of ether oxygens (including phenoxy) is 1. The lowest BCUT2D eigenvalue weighted by atomic mass is 10.0. The number of rotatable bonds is 4. The molecule has 0 atom stereocenters. The van der Waals surface area contributed by atoms with E-state index in [1.165, 1.54) is 0 Å². The lowest BCUT2D eigenvalue weighted by Gasteiger charge is -2.23. The highest BCUT2D eigenvalue weighted by atomic mass is 16.5. The lowest BCUT2D eigenvalue weighted by Crippen LogP contribution is -2.36. The summed E-state index contributed by atoms with van der Waals surface area (Å²) in [6, 6.07) is 0. The third kappa shape index (κ3) is 4.03. The summed E-state index contributed by atoms with van der Waals surface area (Å²) >= 11 is 0. The Kier molecular flexibility index (Phi) is 4.29. The summed E-state index contributed by atoms with van der Waals surface area (Å²) in [7, 11) is 0. The lowest BCUT2D eigenvalue weighted by molar-refractivity contribution is 0.0596. The molecule has 0 aromatic carbocycles. The van der Waals surface area contributed by atoms with Gasteiger partial charge >= 0.3 is 0 Å². The molecule has 0 saturated carbocycles. The summed E-state index contributed by atoms with van der Waals surface area (Å²) < 4.78 is 7.29. The molecule has 102 valence electrons. The van der Waals surface area contributed by atoms with E-state index in [1.54, 1.807) is 0 Å². The van der Waals surface area contributed by atoms with E-state index in [9.17, 15) is 0 Å². The van der Waals surface area contributed by atoms with E-state index < -0.39 is 0 Å². The van der Waals surface area contributed by atoms with Gasteiger partial charge in [0, 0.05) is 25.3 Å². The van der Waals surface area contributed by atoms with Gasteiger partial charge in [-0.1, -0.05) is 0 Å². The number of hydrogen-bond donors (Lipinski definition) is 1. The minimum Gasteiger partial charge on any atom is -0.381 e. The summed E-state index contributed by atoms with van der Waals surface area (Å²) in [6.45, 7) is 9.75. The van der Waals surface area contributed by atoms with Crippen LogP contribution >= 0.6 is 0 Å². The Balaban J connectivity index is 1.90. The predicted molar refractivity (Wildman–Crippen MR) is 68.0 cm³/mol. The first kappa shape index (κ1) is 13.4. The van der Waals surface area contributed by atoms with Crippen molar-refractivity contribution >= 4 is 0 Å². The predicted octanol–water partition coefficient (Wildman–Crippen LogP) is 0.988. The fourth-order valence-corrected chi connectivity index (χ4v) is 2.01. The van der Waals surface area contributed by atoms with Gasteiger partial charge in [-0.05, 0) is 50.0 Å². The quantitative estimate of drug-likeness (QED) is 0.867. The highest BCUT2D eigenvalue weighted by Gasteiger charge is 2.18. The monoisotopic (exact) mass is 253 g/mol. The molecule has 2 heterocycles. The van der Waals surface area contributed by atoms with Crippen molar-refractivity contribution in [2.45, 2.75) is 52.2 Å². The van der Waals surface area contributed by atoms with Crippen LogP contribution in [0.5, 0.6) is 0 Å². The number of aromatic nitrogens is 4. The SMILES string of the molecule is CC(C)(C)NCc1nnnn1CC1CCOCC1. The molecule has 0 aliphatic carbocycles. The fourth-order valence-electron chi connectivity index (χ4n) is 2.01. The standard InChI is InChI=1S/C12H23N5O/c1-12(2,3)13-8-11-14-15-16-17(11)9-10-4-6-18-7-5-10/h10,13H,4-9H2,1-3H3. The molecule has 0 unspecified atom stereocenters. The van der Waals surface area contributed by atoms with E-state index in [-0.39, 0.29) is 5.54 Å². The summed E-state index contributed by atoms with van der Waals surface area (Å²) in [5, 5.41) is 15.4. The molecule has 0 spiro atoms. The maximum Gasteiger partial charge on any atom is 0.165 e. The molecule has 1 N–H and O–H groups in total. The van der Waals surface area contributed by atoms with E-state index in [4.69, 9.17) is 4.74 Å². The van der Waals surface area contributed by atoms with Crippen LogP contribution < -0.4 is 5.32 Å². The highest BCUT2D eigenvalue weighted by molar-refractivity contribution is 4.84. The number of nitrogens with one attached hydrogen (secondary N) is 1. The molecule has 1 aromatic rings. The molecule has 0 bridgehead atoms. The molecule has 1 aliphatic rings. The van der Waals surface area contributed by atoms with Crippen molar-refractivity contribution in [3.63, 3.8) is 0 Å². The average Bonchev–Trinajstić information content (AvgIpc) is 2.74. The molecule has 1 aromatic heterocycles. The van der Waals surface area contributed by atoms with Gasteiger partial charge in [0.2, 0.25) is 0 Å². The summed E-state index contributed by atoms with van der Waals surface area (Å²) in [6.07, 6.45) is 2.21. The number of nitrogens with zero attached hydrogens (tertiary/aromatic N) is 4. The summed E-state index contributed by atoms with van der Waals surface area (Å²) in [4.78, 5) is 0. The molecule has 6 nitrogen and oxygen atoms in total. The molecular formula is C12H23N5O. The van der Waals surface area contributed by atoms with E-state index in [1.807, 2.05) is 4.68 Å². The highest BCUT2D eigenvalue weighted by Crippen LogP contribution is 2.16. The molecular weight excluding hydrogens is 230 g/mol. The number of hydrogen-bond acceptors (Lipinski definition) is 5. The van der Waals surface area contributed by atoms with Crippen LogP contribution in [0.25, 0.3) is 0 Å². The maximum absolute atomic E-state index is 5.37.